The zero-order valence-corrected chi connectivity index (χ0v) is 9.60. The monoisotopic (exact) mass is 240 g/mol. The van der Waals surface area contributed by atoms with Crippen LogP contribution < -0.4 is 10.6 Å². The first-order valence-electron chi connectivity index (χ1n) is 5.36. The summed E-state index contributed by atoms with van der Waals surface area (Å²) in [7, 11) is 0. The highest BCUT2D eigenvalue weighted by Gasteiger charge is 2.10. The fourth-order valence-electron chi connectivity index (χ4n) is 1.17. The standard InChI is InChI=1S/C11H16N2O4/c1-8(10(14)15)4-5-12-11(16)13-7-9-3-2-6-17-9/h2-3,6,8H,4-5,7H2,1H3,(H,14,15)(H2,12,13,16). The highest BCUT2D eigenvalue weighted by molar-refractivity contribution is 5.74. The van der Waals surface area contributed by atoms with Gasteiger partial charge in [-0.2, -0.15) is 0 Å². The van der Waals surface area contributed by atoms with Gasteiger partial charge >= 0.3 is 12.0 Å². The van der Waals surface area contributed by atoms with Crippen LogP contribution in [-0.2, 0) is 11.3 Å². The molecule has 0 aliphatic carbocycles. The van der Waals surface area contributed by atoms with Crippen molar-refractivity contribution in [1.82, 2.24) is 10.6 Å². The molecule has 1 atom stereocenters. The van der Waals surface area contributed by atoms with Crippen LogP contribution in [-0.4, -0.2) is 23.7 Å². The molecule has 1 aromatic heterocycles. The van der Waals surface area contributed by atoms with Crippen LogP contribution in [0.2, 0.25) is 0 Å². The maximum absolute atomic E-state index is 11.3. The van der Waals surface area contributed by atoms with Gasteiger partial charge in [-0.3, -0.25) is 4.79 Å². The van der Waals surface area contributed by atoms with Crippen LogP contribution in [0.4, 0.5) is 4.79 Å². The summed E-state index contributed by atoms with van der Waals surface area (Å²) in [6, 6.07) is 3.16. The molecule has 0 aliphatic rings. The number of amides is 2. The smallest absolute Gasteiger partial charge is 0.315 e. The highest BCUT2D eigenvalue weighted by Crippen LogP contribution is 2.00. The summed E-state index contributed by atoms with van der Waals surface area (Å²) < 4.78 is 5.04. The van der Waals surface area contributed by atoms with Gasteiger partial charge in [0.15, 0.2) is 0 Å². The van der Waals surface area contributed by atoms with Crippen molar-refractivity contribution in [2.75, 3.05) is 6.54 Å². The number of aliphatic carboxylic acids is 1. The minimum absolute atomic E-state index is 0.313. The van der Waals surface area contributed by atoms with Gasteiger partial charge in [0.1, 0.15) is 5.76 Å². The van der Waals surface area contributed by atoms with Crippen LogP contribution in [0.3, 0.4) is 0 Å². The second-order valence-corrected chi connectivity index (χ2v) is 3.72. The van der Waals surface area contributed by atoms with Gasteiger partial charge in [-0.1, -0.05) is 6.92 Å². The highest BCUT2D eigenvalue weighted by atomic mass is 16.4. The minimum Gasteiger partial charge on any atom is -0.481 e. The van der Waals surface area contributed by atoms with Gasteiger partial charge in [0.05, 0.1) is 18.7 Å². The van der Waals surface area contributed by atoms with Crippen molar-refractivity contribution in [3.05, 3.63) is 24.2 Å². The maximum atomic E-state index is 11.3. The molecule has 0 bridgehead atoms. The van der Waals surface area contributed by atoms with Crippen molar-refractivity contribution in [3.8, 4) is 0 Å². The number of hydrogen-bond donors (Lipinski definition) is 3. The normalized spacial score (nSPS) is 11.8. The fraction of sp³-hybridized carbons (Fsp3) is 0.455. The molecule has 6 nitrogen and oxygen atoms in total. The molecule has 1 unspecified atom stereocenters. The quantitative estimate of drug-likeness (QED) is 0.696. The van der Waals surface area contributed by atoms with Gasteiger partial charge in [0.2, 0.25) is 0 Å². The number of carbonyl (C=O) groups is 2. The molecule has 94 valence electrons. The lowest BCUT2D eigenvalue weighted by molar-refractivity contribution is -0.141. The number of furan rings is 1. The molecule has 2 amide bonds. The third-order valence-electron chi connectivity index (χ3n) is 2.29. The number of carboxylic acid groups (broad SMARTS) is 1. The third kappa shape index (κ3) is 5.05. The molecule has 0 aromatic carbocycles. The van der Waals surface area contributed by atoms with Crippen molar-refractivity contribution in [3.63, 3.8) is 0 Å². The Morgan fingerprint density at radius 2 is 2.24 bits per heavy atom. The van der Waals surface area contributed by atoms with Crippen LogP contribution in [0.5, 0.6) is 0 Å². The Morgan fingerprint density at radius 1 is 1.47 bits per heavy atom. The maximum Gasteiger partial charge on any atom is 0.315 e. The summed E-state index contributed by atoms with van der Waals surface area (Å²) in [5, 5.41) is 13.8. The number of urea groups is 1. The van der Waals surface area contributed by atoms with Gasteiger partial charge in [-0.25, -0.2) is 4.79 Å². The molecule has 0 radical (unpaired) electrons. The van der Waals surface area contributed by atoms with E-state index in [1.807, 2.05) is 0 Å². The van der Waals surface area contributed by atoms with Crippen LogP contribution in [0, 0.1) is 5.92 Å². The summed E-state index contributed by atoms with van der Waals surface area (Å²) in [6.07, 6.45) is 1.94. The first-order valence-corrected chi connectivity index (χ1v) is 5.36. The Kier molecular flexibility index (Phi) is 5.06. The molecule has 0 saturated heterocycles. The summed E-state index contributed by atoms with van der Waals surface area (Å²) in [4.78, 5) is 21.8. The zero-order valence-electron chi connectivity index (χ0n) is 9.60. The molecule has 0 fully saturated rings. The van der Waals surface area contributed by atoms with E-state index in [4.69, 9.17) is 9.52 Å². The molecule has 1 rings (SSSR count). The Hall–Kier alpha value is -1.98. The van der Waals surface area contributed by atoms with Gasteiger partial charge < -0.3 is 20.2 Å². The topological polar surface area (TPSA) is 91.6 Å². The second-order valence-electron chi connectivity index (χ2n) is 3.72. The average molecular weight is 240 g/mol. The zero-order chi connectivity index (χ0) is 12.7. The van der Waals surface area contributed by atoms with Crippen molar-refractivity contribution >= 4 is 12.0 Å². The van der Waals surface area contributed by atoms with E-state index in [1.165, 1.54) is 6.26 Å². The molecule has 17 heavy (non-hydrogen) atoms. The average Bonchev–Trinajstić information content (AvgIpc) is 2.78. The van der Waals surface area contributed by atoms with Crippen LogP contribution in [0.15, 0.2) is 22.8 Å². The molecule has 3 N–H and O–H groups in total. The fourth-order valence-corrected chi connectivity index (χ4v) is 1.17. The Bertz CT molecular complexity index is 362. The molecule has 6 heteroatoms. The largest absolute Gasteiger partial charge is 0.481 e. The SMILES string of the molecule is CC(CCNC(=O)NCc1ccco1)C(=O)O. The predicted octanol–water partition coefficient (Wildman–Crippen LogP) is 1.19. The van der Waals surface area contributed by atoms with Gasteiger partial charge in [-0.05, 0) is 18.6 Å². The van der Waals surface area contributed by atoms with Crippen LogP contribution in [0.1, 0.15) is 19.1 Å². The third-order valence-corrected chi connectivity index (χ3v) is 2.29. The summed E-state index contributed by atoms with van der Waals surface area (Å²) in [5.74, 6) is -0.651. The van der Waals surface area contributed by atoms with Gasteiger partial charge in [-0.15, -0.1) is 0 Å². The molecule has 1 aromatic rings. The van der Waals surface area contributed by atoms with Gasteiger partial charge in [0.25, 0.3) is 0 Å². The first-order chi connectivity index (χ1) is 8.09. The Labute approximate surface area is 99.0 Å². The molecule has 0 saturated carbocycles. The van der Waals surface area contributed by atoms with E-state index in [0.29, 0.717) is 25.3 Å². The first kappa shape index (κ1) is 13.1. The lowest BCUT2D eigenvalue weighted by Crippen LogP contribution is -2.36. The summed E-state index contributed by atoms with van der Waals surface area (Å²) in [5.41, 5.74) is 0. The second kappa shape index (κ2) is 6.57. The minimum atomic E-state index is -0.859. The van der Waals surface area contributed by atoms with Crippen LogP contribution in [0.25, 0.3) is 0 Å². The number of rotatable bonds is 6. The van der Waals surface area contributed by atoms with Crippen molar-refractivity contribution < 1.29 is 19.1 Å². The van der Waals surface area contributed by atoms with Crippen molar-refractivity contribution in [1.29, 1.82) is 0 Å². The Balaban J connectivity index is 2.11. The van der Waals surface area contributed by atoms with E-state index in [-0.39, 0.29) is 6.03 Å². The molecule has 0 aliphatic heterocycles. The van der Waals surface area contributed by atoms with E-state index >= 15 is 0 Å². The summed E-state index contributed by atoms with van der Waals surface area (Å²) in [6.45, 7) is 2.25. The summed E-state index contributed by atoms with van der Waals surface area (Å²) >= 11 is 0. The lowest BCUT2D eigenvalue weighted by atomic mass is 10.1. The van der Waals surface area contributed by atoms with E-state index < -0.39 is 11.9 Å². The number of carbonyl (C=O) groups excluding carboxylic acids is 1. The van der Waals surface area contributed by atoms with E-state index in [0.717, 1.165) is 0 Å². The number of carboxylic acids is 1. The number of hydrogen-bond acceptors (Lipinski definition) is 3. The van der Waals surface area contributed by atoms with E-state index in [1.54, 1.807) is 19.1 Å². The predicted molar refractivity (Wildman–Crippen MR) is 60.4 cm³/mol. The lowest BCUT2D eigenvalue weighted by Gasteiger charge is -2.08. The van der Waals surface area contributed by atoms with E-state index in [9.17, 15) is 9.59 Å². The number of nitrogens with one attached hydrogen (secondary N) is 2. The molecular weight excluding hydrogens is 224 g/mol. The molecule has 0 spiro atoms. The van der Waals surface area contributed by atoms with Crippen molar-refractivity contribution in [2.24, 2.45) is 5.92 Å². The molecule has 1 heterocycles. The van der Waals surface area contributed by atoms with Crippen molar-refractivity contribution in [2.45, 2.75) is 19.9 Å². The van der Waals surface area contributed by atoms with Gasteiger partial charge in [0, 0.05) is 6.54 Å². The van der Waals surface area contributed by atoms with Crippen LogP contribution >= 0.6 is 0 Å². The van der Waals surface area contributed by atoms with E-state index in [2.05, 4.69) is 10.6 Å². The molecular formula is C11H16N2O4. The Morgan fingerprint density at radius 3 is 2.82 bits per heavy atom.